The normalized spacial score (nSPS) is 9.94. The predicted molar refractivity (Wildman–Crippen MR) is 67.2 cm³/mol. The van der Waals surface area contributed by atoms with E-state index in [1.165, 1.54) is 16.2 Å². The van der Waals surface area contributed by atoms with Gasteiger partial charge >= 0.3 is 5.97 Å². The third-order valence-electron chi connectivity index (χ3n) is 1.98. The SMILES string of the molecule is C=CCN(Cc1ccc(Cl)s1)C(=O)CC(=O)O. The number of hydrogen-bond donors (Lipinski definition) is 1. The summed E-state index contributed by atoms with van der Waals surface area (Å²) in [7, 11) is 0. The van der Waals surface area contributed by atoms with Crippen LogP contribution < -0.4 is 0 Å². The summed E-state index contributed by atoms with van der Waals surface area (Å²) in [6.45, 7) is 4.22. The summed E-state index contributed by atoms with van der Waals surface area (Å²) >= 11 is 7.15. The summed E-state index contributed by atoms with van der Waals surface area (Å²) in [5.74, 6) is -1.56. The summed E-state index contributed by atoms with van der Waals surface area (Å²) in [5, 5.41) is 8.58. The number of hydrogen-bond acceptors (Lipinski definition) is 3. The number of carboxylic acids is 1. The fourth-order valence-corrected chi connectivity index (χ4v) is 2.38. The van der Waals surface area contributed by atoms with E-state index in [2.05, 4.69) is 6.58 Å². The standard InChI is InChI=1S/C11H12ClNO3S/c1-2-5-13(10(14)6-11(15)16)7-8-3-4-9(12)17-8/h2-4H,1,5-7H2,(H,15,16). The second-order valence-corrected chi connectivity index (χ2v) is 5.14. The molecule has 0 aliphatic rings. The van der Waals surface area contributed by atoms with Crippen LogP contribution in [-0.2, 0) is 16.1 Å². The molecule has 0 saturated carbocycles. The molecule has 0 atom stereocenters. The molecular weight excluding hydrogens is 262 g/mol. The lowest BCUT2D eigenvalue weighted by Crippen LogP contribution is -2.31. The number of carbonyl (C=O) groups excluding carboxylic acids is 1. The summed E-state index contributed by atoms with van der Waals surface area (Å²) in [4.78, 5) is 24.5. The summed E-state index contributed by atoms with van der Waals surface area (Å²) in [5.41, 5.74) is 0. The highest BCUT2D eigenvalue weighted by atomic mass is 35.5. The highest BCUT2D eigenvalue weighted by molar-refractivity contribution is 7.16. The Morgan fingerprint density at radius 1 is 1.53 bits per heavy atom. The minimum atomic E-state index is -1.13. The number of halogens is 1. The van der Waals surface area contributed by atoms with Crippen LogP contribution in [0.4, 0.5) is 0 Å². The molecule has 4 nitrogen and oxygen atoms in total. The van der Waals surface area contributed by atoms with Crippen molar-refractivity contribution in [2.24, 2.45) is 0 Å². The second-order valence-electron chi connectivity index (χ2n) is 3.34. The highest BCUT2D eigenvalue weighted by Gasteiger charge is 2.16. The minimum Gasteiger partial charge on any atom is -0.481 e. The van der Waals surface area contributed by atoms with Gasteiger partial charge in [0.25, 0.3) is 0 Å². The van der Waals surface area contributed by atoms with Gasteiger partial charge in [-0.3, -0.25) is 9.59 Å². The Morgan fingerprint density at radius 3 is 2.71 bits per heavy atom. The Bertz CT molecular complexity index is 430. The molecule has 0 unspecified atom stereocenters. The average molecular weight is 274 g/mol. The van der Waals surface area contributed by atoms with Gasteiger partial charge in [0.05, 0.1) is 10.9 Å². The number of aliphatic carboxylic acids is 1. The predicted octanol–water partition coefficient (Wildman–Crippen LogP) is 2.39. The van der Waals surface area contributed by atoms with Crippen LogP contribution >= 0.6 is 22.9 Å². The first-order chi connectivity index (χ1) is 8.02. The molecule has 6 heteroatoms. The van der Waals surface area contributed by atoms with Gasteiger partial charge in [-0.05, 0) is 12.1 Å². The van der Waals surface area contributed by atoms with Gasteiger partial charge in [-0.15, -0.1) is 17.9 Å². The van der Waals surface area contributed by atoms with Crippen LogP contribution in [0, 0.1) is 0 Å². The van der Waals surface area contributed by atoms with Gasteiger partial charge in [-0.25, -0.2) is 0 Å². The number of carboxylic acid groups (broad SMARTS) is 1. The first kappa shape index (κ1) is 13.7. The van der Waals surface area contributed by atoms with Gasteiger partial charge in [-0.1, -0.05) is 17.7 Å². The summed E-state index contributed by atoms with van der Waals surface area (Å²) in [6.07, 6.45) is 1.06. The fraction of sp³-hybridized carbons (Fsp3) is 0.273. The molecule has 92 valence electrons. The molecule has 0 aromatic carbocycles. The quantitative estimate of drug-likeness (QED) is 0.640. The maximum atomic E-state index is 11.6. The average Bonchev–Trinajstić information content (AvgIpc) is 2.62. The largest absolute Gasteiger partial charge is 0.481 e. The Hall–Kier alpha value is -1.33. The van der Waals surface area contributed by atoms with E-state index in [9.17, 15) is 9.59 Å². The fourth-order valence-electron chi connectivity index (χ4n) is 1.28. The van der Waals surface area contributed by atoms with Crippen LogP contribution in [-0.4, -0.2) is 28.4 Å². The molecule has 1 heterocycles. The van der Waals surface area contributed by atoms with Crippen LogP contribution in [0.15, 0.2) is 24.8 Å². The molecule has 0 aliphatic carbocycles. The Morgan fingerprint density at radius 2 is 2.24 bits per heavy atom. The van der Waals surface area contributed by atoms with Crippen LogP contribution in [0.1, 0.15) is 11.3 Å². The van der Waals surface area contributed by atoms with E-state index >= 15 is 0 Å². The third-order valence-corrected chi connectivity index (χ3v) is 3.20. The van der Waals surface area contributed by atoms with Gasteiger partial charge in [-0.2, -0.15) is 0 Å². The van der Waals surface area contributed by atoms with E-state index in [1.54, 1.807) is 12.1 Å². The third kappa shape index (κ3) is 4.58. The Balaban J connectivity index is 2.68. The van der Waals surface area contributed by atoms with Crippen LogP contribution in [0.5, 0.6) is 0 Å². The highest BCUT2D eigenvalue weighted by Crippen LogP contribution is 2.22. The van der Waals surface area contributed by atoms with Crippen LogP contribution in [0.3, 0.4) is 0 Å². The molecule has 17 heavy (non-hydrogen) atoms. The van der Waals surface area contributed by atoms with Crippen molar-refractivity contribution in [1.29, 1.82) is 0 Å². The molecule has 0 bridgehead atoms. The van der Waals surface area contributed by atoms with E-state index in [-0.39, 0.29) is 0 Å². The van der Waals surface area contributed by atoms with Crippen molar-refractivity contribution in [2.45, 2.75) is 13.0 Å². The zero-order valence-corrected chi connectivity index (χ0v) is 10.6. The molecular formula is C11H12ClNO3S. The summed E-state index contributed by atoms with van der Waals surface area (Å²) < 4.78 is 0.643. The van der Waals surface area contributed by atoms with E-state index in [1.807, 2.05) is 6.07 Å². The van der Waals surface area contributed by atoms with Crippen molar-refractivity contribution in [3.8, 4) is 0 Å². The Labute approximate surface area is 108 Å². The van der Waals surface area contributed by atoms with Gasteiger partial charge < -0.3 is 10.0 Å². The molecule has 0 spiro atoms. The minimum absolute atomic E-state index is 0.321. The van der Waals surface area contributed by atoms with E-state index in [4.69, 9.17) is 16.7 Å². The molecule has 1 N–H and O–H groups in total. The summed E-state index contributed by atoms with van der Waals surface area (Å²) in [6, 6.07) is 3.56. The molecule has 1 aromatic rings. The molecule has 0 radical (unpaired) electrons. The lowest BCUT2D eigenvalue weighted by atomic mass is 10.3. The van der Waals surface area contributed by atoms with E-state index in [0.717, 1.165) is 4.88 Å². The molecule has 0 aliphatic heterocycles. The topological polar surface area (TPSA) is 57.6 Å². The zero-order valence-electron chi connectivity index (χ0n) is 9.06. The second kappa shape index (κ2) is 6.42. The molecule has 0 fully saturated rings. The van der Waals surface area contributed by atoms with Crippen molar-refractivity contribution >= 4 is 34.8 Å². The zero-order chi connectivity index (χ0) is 12.8. The lowest BCUT2D eigenvalue weighted by molar-refractivity contribution is -0.144. The molecule has 1 amide bonds. The molecule has 1 rings (SSSR count). The number of thiophene rings is 1. The number of amides is 1. The molecule has 0 saturated heterocycles. The van der Waals surface area contributed by atoms with Crippen LogP contribution in [0.2, 0.25) is 4.34 Å². The van der Waals surface area contributed by atoms with Gasteiger partial charge in [0.2, 0.25) is 5.91 Å². The van der Waals surface area contributed by atoms with E-state index < -0.39 is 18.3 Å². The number of rotatable bonds is 6. The molecule has 1 aromatic heterocycles. The van der Waals surface area contributed by atoms with E-state index in [0.29, 0.717) is 17.4 Å². The lowest BCUT2D eigenvalue weighted by Gasteiger charge is -2.19. The monoisotopic (exact) mass is 273 g/mol. The van der Waals surface area contributed by atoms with Gasteiger partial charge in [0.1, 0.15) is 6.42 Å². The van der Waals surface area contributed by atoms with Crippen LogP contribution in [0.25, 0.3) is 0 Å². The van der Waals surface area contributed by atoms with Crippen molar-refractivity contribution in [2.75, 3.05) is 6.54 Å². The first-order valence-electron chi connectivity index (χ1n) is 4.87. The number of nitrogens with zero attached hydrogens (tertiary/aromatic N) is 1. The van der Waals surface area contributed by atoms with Gasteiger partial charge in [0.15, 0.2) is 0 Å². The Kier molecular flexibility index (Phi) is 5.18. The maximum absolute atomic E-state index is 11.6. The first-order valence-corrected chi connectivity index (χ1v) is 6.07. The smallest absolute Gasteiger partial charge is 0.312 e. The van der Waals surface area contributed by atoms with Crippen molar-refractivity contribution in [1.82, 2.24) is 4.90 Å². The van der Waals surface area contributed by atoms with Gasteiger partial charge in [0, 0.05) is 11.4 Å². The van der Waals surface area contributed by atoms with Crippen molar-refractivity contribution in [3.63, 3.8) is 0 Å². The number of carbonyl (C=O) groups is 2. The van der Waals surface area contributed by atoms with Crippen molar-refractivity contribution in [3.05, 3.63) is 34.0 Å². The maximum Gasteiger partial charge on any atom is 0.312 e. The van der Waals surface area contributed by atoms with Crippen molar-refractivity contribution < 1.29 is 14.7 Å².